The molecule has 0 saturated carbocycles. The van der Waals surface area contributed by atoms with Crippen LogP contribution in [0.2, 0.25) is 0 Å². The van der Waals surface area contributed by atoms with Gasteiger partial charge in [-0.1, -0.05) is 84.9 Å². The highest BCUT2D eigenvalue weighted by Crippen LogP contribution is 2.27. The minimum atomic E-state index is -3.61. The van der Waals surface area contributed by atoms with Gasteiger partial charge in [0.1, 0.15) is 17.8 Å². The van der Waals surface area contributed by atoms with Crippen molar-refractivity contribution in [3.05, 3.63) is 192 Å². The number of sulfone groups is 2. The number of benzene rings is 6. The molecule has 0 aliphatic heterocycles. The first-order valence-electron chi connectivity index (χ1n) is 15.5. The molecule has 2 unspecified atom stereocenters. The molecule has 6 aromatic carbocycles. The summed E-state index contributed by atoms with van der Waals surface area (Å²) in [7, 11) is -7.18. The van der Waals surface area contributed by atoms with Crippen LogP contribution in [0.1, 0.15) is 34.5 Å². The predicted molar refractivity (Wildman–Crippen MR) is 186 cm³/mol. The molecule has 5 nitrogen and oxygen atoms in total. The van der Waals surface area contributed by atoms with Crippen molar-refractivity contribution in [3.63, 3.8) is 0 Å². The smallest absolute Gasteiger partial charge is 0.206 e. The molecule has 0 amide bonds. The van der Waals surface area contributed by atoms with Gasteiger partial charge in [0.25, 0.3) is 0 Å². The summed E-state index contributed by atoms with van der Waals surface area (Å²) < 4.78 is 90.3. The maximum absolute atomic E-state index is 14.4. The Hall–Kier alpha value is -5.03. The third-order valence-electron chi connectivity index (χ3n) is 7.90. The lowest BCUT2D eigenvalue weighted by molar-refractivity contribution is 0.178. The van der Waals surface area contributed by atoms with E-state index in [2.05, 4.69) is 0 Å². The number of rotatable bonds is 10. The highest BCUT2D eigenvalue weighted by molar-refractivity contribution is 7.91. The number of hydrogen-bond acceptors (Lipinski definition) is 5. The quantitative estimate of drug-likeness (QED) is 0.153. The van der Waals surface area contributed by atoms with Gasteiger partial charge in [-0.15, -0.1) is 0 Å². The number of aliphatic hydroxyl groups is 1. The summed E-state index contributed by atoms with van der Waals surface area (Å²) in [6, 6.07) is 39.8. The summed E-state index contributed by atoms with van der Waals surface area (Å²) in [6.45, 7) is 0. The van der Waals surface area contributed by atoms with Crippen LogP contribution in [0.25, 0.3) is 0 Å². The lowest BCUT2D eigenvalue weighted by atomic mass is 10.0. The van der Waals surface area contributed by atoms with Crippen LogP contribution < -0.4 is 0 Å². The van der Waals surface area contributed by atoms with Crippen molar-refractivity contribution in [2.45, 2.75) is 44.7 Å². The van der Waals surface area contributed by atoms with Gasteiger partial charge in [0.05, 0.1) is 25.7 Å². The summed E-state index contributed by atoms with van der Waals surface area (Å²) in [5.74, 6) is -0.691. The molecule has 10 heteroatoms. The summed E-state index contributed by atoms with van der Waals surface area (Å²) in [6.07, 6.45) is -1.66. The first kappa shape index (κ1) is 36.3. The van der Waals surface area contributed by atoms with Crippen molar-refractivity contribution in [3.8, 4) is 0 Å². The van der Waals surface area contributed by atoms with Crippen LogP contribution in [-0.4, -0.2) is 21.9 Å². The van der Waals surface area contributed by atoms with Gasteiger partial charge >= 0.3 is 0 Å². The molecule has 0 spiro atoms. The van der Waals surface area contributed by atoms with Gasteiger partial charge < -0.3 is 5.11 Å². The average molecular weight is 715 g/mol. The molecular formula is C40H33F3O5S2. The maximum atomic E-state index is 14.4. The molecule has 0 radical (unpaired) electrons. The van der Waals surface area contributed by atoms with Crippen molar-refractivity contribution in [2.24, 2.45) is 0 Å². The van der Waals surface area contributed by atoms with Crippen LogP contribution in [0.3, 0.4) is 0 Å². The van der Waals surface area contributed by atoms with E-state index in [9.17, 15) is 35.1 Å². The number of hydrogen-bond donors (Lipinski definition) is 1. The van der Waals surface area contributed by atoms with Crippen molar-refractivity contribution in [1.29, 1.82) is 0 Å². The van der Waals surface area contributed by atoms with Gasteiger partial charge in [0.15, 0.2) is 0 Å². The zero-order valence-electron chi connectivity index (χ0n) is 26.6. The second kappa shape index (κ2) is 16.1. The molecule has 0 fully saturated rings. The second-order valence-electron chi connectivity index (χ2n) is 11.4. The van der Waals surface area contributed by atoms with Crippen LogP contribution in [-0.2, 0) is 32.5 Å². The largest absolute Gasteiger partial charge is 0.388 e. The van der Waals surface area contributed by atoms with Gasteiger partial charge in [0.2, 0.25) is 19.7 Å². The fourth-order valence-corrected chi connectivity index (χ4v) is 7.67. The summed E-state index contributed by atoms with van der Waals surface area (Å²) in [5, 5.41) is 10.3. The van der Waals surface area contributed by atoms with Crippen molar-refractivity contribution >= 4 is 19.7 Å². The predicted octanol–water partition coefficient (Wildman–Crippen LogP) is 8.85. The number of aliphatic hydroxyl groups excluding tert-OH is 1. The average Bonchev–Trinajstić information content (AvgIpc) is 3.14. The maximum Gasteiger partial charge on any atom is 0.206 e. The molecule has 50 heavy (non-hydrogen) atoms. The molecule has 6 rings (SSSR count). The van der Waals surface area contributed by atoms with Crippen LogP contribution in [0, 0.1) is 11.6 Å². The molecule has 6 aromatic rings. The fourth-order valence-electron chi connectivity index (χ4n) is 5.10. The Balaban J connectivity index is 0.000000194. The van der Waals surface area contributed by atoms with Crippen LogP contribution in [0.4, 0.5) is 13.2 Å². The minimum Gasteiger partial charge on any atom is -0.388 e. The third kappa shape index (κ3) is 9.15. The van der Waals surface area contributed by atoms with E-state index in [1.807, 2.05) is 0 Å². The Morgan fingerprint density at radius 2 is 0.780 bits per heavy atom. The van der Waals surface area contributed by atoms with Gasteiger partial charge in [-0.3, -0.25) is 0 Å². The molecule has 256 valence electrons. The zero-order valence-corrected chi connectivity index (χ0v) is 28.2. The highest BCUT2D eigenvalue weighted by Gasteiger charge is 2.20. The van der Waals surface area contributed by atoms with Crippen LogP contribution in [0.5, 0.6) is 0 Å². The molecule has 2 atom stereocenters. The Kier molecular flexibility index (Phi) is 11.7. The summed E-state index contributed by atoms with van der Waals surface area (Å²) in [5.41, 5.74) is 2.47. The summed E-state index contributed by atoms with van der Waals surface area (Å²) >= 11 is 0. The second-order valence-corrected chi connectivity index (χ2v) is 15.3. The van der Waals surface area contributed by atoms with E-state index in [1.54, 1.807) is 72.8 Å². The summed E-state index contributed by atoms with van der Waals surface area (Å²) in [4.78, 5) is 0.730. The van der Waals surface area contributed by atoms with E-state index in [-0.39, 0.29) is 37.6 Å². The van der Waals surface area contributed by atoms with Crippen molar-refractivity contribution in [2.75, 3.05) is 0 Å². The highest BCUT2D eigenvalue weighted by atomic mass is 32.2. The van der Waals surface area contributed by atoms with Crippen molar-refractivity contribution in [1.82, 2.24) is 0 Å². The molecule has 0 aromatic heterocycles. The van der Waals surface area contributed by atoms with Gasteiger partial charge in [-0.2, -0.15) is 0 Å². The lowest BCUT2D eigenvalue weighted by Crippen LogP contribution is -2.04. The Morgan fingerprint density at radius 3 is 1.18 bits per heavy atom. The minimum absolute atomic E-state index is 0.102. The van der Waals surface area contributed by atoms with E-state index in [0.717, 1.165) is 5.56 Å². The van der Waals surface area contributed by atoms with Gasteiger partial charge in [-0.05, 0) is 95.1 Å². The first-order valence-corrected chi connectivity index (χ1v) is 18.5. The van der Waals surface area contributed by atoms with E-state index >= 15 is 0 Å². The Labute approximate surface area is 290 Å². The topological polar surface area (TPSA) is 88.5 Å². The SMILES string of the molecule is O=S(=O)(c1ccccc1)c1ccc(C(F)Cc2ccc(F)cc2)cc1.O=S(=O)(c1ccccc1)c1ccc(C(O)Cc2ccc(F)cc2)cc1. The third-order valence-corrected chi connectivity index (χ3v) is 11.5. The molecule has 0 heterocycles. The number of halogens is 3. The lowest BCUT2D eigenvalue weighted by Gasteiger charge is -2.12. The van der Waals surface area contributed by atoms with E-state index in [1.165, 1.54) is 84.9 Å². The van der Waals surface area contributed by atoms with Crippen molar-refractivity contribution < 1.29 is 35.1 Å². The number of alkyl halides is 1. The van der Waals surface area contributed by atoms with Gasteiger partial charge in [-0.25, -0.2) is 30.0 Å². The van der Waals surface area contributed by atoms with Crippen LogP contribution in [0.15, 0.2) is 177 Å². The van der Waals surface area contributed by atoms with E-state index in [4.69, 9.17) is 0 Å². The fraction of sp³-hybridized carbons (Fsp3) is 0.100. The standard InChI is InChI=1S/C20H16F2O2S.C20H17FO3S/c2*21-17-10-6-15(7-11-17)14-20(22)16-8-12-19(13-9-16)25(23,24)18-4-2-1-3-5-18/h1-13,20H,14H2;1-13,20,22H,14H2. The van der Waals surface area contributed by atoms with Crippen LogP contribution >= 0.6 is 0 Å². The molecule has 0 saturated heterocycles. The normalized spacial score (nSPS) is 12.7. The van der Waals surface area contributed by atoms with Gasteiger partial charge in [0, 0.05) is 12.8 Å². The molecule has 0 bridgehead atoms. The Bertz CT molecular complexity index is 2030. The van der Waals surface area contributed by atoms with E-state index in [0.29, 0.717) is 23.1 Å². The first-order chi connectivity index (χ1) is 23.9. The Morgan fingerprint density at radius 1 is 0.440 bits per heavy atom. The monoisotopic (exact) mass is 714 g/mol. The zero-order chi connectivity index (χ0) is 35.7. The molecular weight excluding hydrogens is 682 g/mol. The molecule has 0 aliphatic rings. The van der Waals surface area contributed by atoms with E-state index < -0.39 is 32.0 Å². The molecule has 1 N–H and O–H groups in total. The molecule has 0 aliphatic carbocycles.